The summed E-state index contributed by atoms with van der Waals surface area (Å²) in [4.78, 5) is 0. The van der Waals surface area contributed by atoms with E-state index in [2.05, 4.69) is 156 Å². The van der Waals surface area contributed by atoms with Crippen molar-refractivity contribution in [3.05, 3.63) is 163 Å². The van der Waals surface area contributed by atoms with Crippen molar-refractivity contribution in [1.29, 1.82) is 0 Å². The zero-order chi connectivity index (χ0) is 28.8. The van der Waals surface area contributed by atoms with Crippen molar-refractivity contribution >= 4 is 54.1 Å². The van der Waals surface area contributed by atoms with Gasteiger partial charge in [-0.15, -0.1) is 0 Å². The third-order valence-corrected chi connectivity index (χ3v) is 9.77. The minimum Gasteiger partial charge on any atom is -0.309 e. The molecule has 9 aromatic rings. The lowest BCUT2D eigenvalue weighted by Gasteiger charge is -2.14. The Balaban J connectivity index is 1.30. The van der Waals surface area contributed by atoms with Crippen LogP contribution in [0.15, 0.2) is 152 Å². The summed E-state index contributed by atoms with van der Waals surface area (Å²) in [5, 5.41) is 10.4. The zero-order valence-electron chi connectivity index (χ0n) is 24.1. The number of aromatic nitrogens is 1. The van der Waals surface area contributed by atoms with Crippen LogP contribution in [0.5, 0.6) is 0 Å². The number of hydrogen-bond acceptors (Lipinski definition) is 0. The molecule has 0 saturated heterocycles. The Morgan fingerprint density at radius 3 is 1.75 bits per heavy atom. The van der Waals surface area contributed by atoms with E-state index in [0.717, 1.165) is 6.42 Å². The first kappa shape index (κ1) is 23.9. The molecule has 8 aromatic carbocycles. The van der Waals surface area contributed by atoms with Crippen LogP contribution in [-0.4, -0.2) is 4.57 Å². The molecule has 0 aliphatic heterocycles. The molecule has 44 heavy (non-hydrogen) atoms. The minimum absolute atomic E-state index is 0.979. The Bertz CT molecular complexity index is 2590. The van der Waals surface area contributed by atoms with E-state index >= 15 is 0 Å². The molecule has 0 atom stereocenters. The number of benzene rings is 8. The maximum absolute atomic E-state index is 2.49. The Morgan fingerprint density at radius 1 is 0.341 bits per heavy atom. The fourth-order valence-corrected chi connectivity index (χ4v) is 7.77. The van der Waals surface area contributed by atoms with Gasteiger partial charge in [-0.25, -0.2) is 0 Å². The first-order chi connectivity index (χ1) is 21.8. The summed E-state index contributed by atoms with van der Waals surface area (Å²) in [6, 6.07) is 56.2. The zero-order valence-corrected chi connectivity index (χ0v) is 24.1. The van der Waals surface area contributed by atoms with E-state index in [1.807, 2.05) is 0 Å². The summed E-state index contributed by atoms with van der Waals surface area (Å²) in [5.74, 6) is 0. The van der Waals surface area contributed by atoms with Crippen molar-refractivity contribution in [3.8, 4) is 27.9 Å². The summed E-state index contributed by atoms with van der Waals surface area (Å²) in [5.41, 5.74) is 11.7. The van der Waals surface area contributed by atoms with E-state index in [0.29, 0.717) is 0 Å². The Hall–Kier alpha value is -5.66. The first-order valence-electron chi connectivity index (χ1n) is 15.4. The molecule has 0 fully saturated rings. The molecule has 0 unspecified atom stereocenters. The van der Waals surface area contributed by atoms with Crippen molar-refractivity contribution in [3.63, 3.8) is 0 Å². The summed E-state index contributed by atoms with van der Waals surface area (Å²) in [6.45, 7) is 0. The van der Waals surface area contributed by atoms with Crippen LogP contribution in [-0.2, 0) is 6.42 Å². The predicted molar refractivity (Wildman–Crippen MR) is 187 cm³/mol. The highest BCUT2D eigenvalue weighted by Crippen LogP contribution is 2.44. The molecule has 0 spiro atoms. The van der Waals surface area contributed by atoms with Crippen molar-refractivity contribution in [2.45, 2.75) is 6.42 Å². The van der Waals surface area contributed by atoms with E-state index in [4.69, 9.17) is 0 Å². The maximum atomic E-state index is 2.49. The molecule has 1 aliphatic rings. The lowest BCUT2D eigenvalue weighted by atomic mass is 9.94. The average molecular weight is 558 g/mol. The van der Waals surface area contributed by atoms with Gasteiger partial charge in [-0.2, -0.15) is 0 Å². The lowest BCUT2D eigenvalue weighted by molar-refractivity contribution is 1.18. The molecular weight excluding hydrogens is 530 g/mol. The Labute approximate surface area is 255 Å². The quantitative estimate of drug-likeness (QED) is 0.186. The van der Waals surface area contributed by atoms with Gasteiger partial charge in [0, 0.05) is 16.5 Å². The van der Waals surface area contributed by atoms with Crippen molar-refractivity contribution in [2.75, 3.05) is 0 Å². The Kier molecular flexibility index (Phi) is 4.84. The predicted octanol–water partition coefficient (Wildman–Crippen LogP) is 11.5. The van der Waals surface area contributed by atoms with Gasteiger partial charge in [0.25, 0.3) is 0 Å². The highest BCUT2D eigenvalue weighted by molar-refractivity contribution is 6.25. The van der Waals surface area contributed by atoms with Gasteiger partial charge >= 0.3 is 0 Å². The van der Waals surface area contributed by atoms with Gasteiger partial charge in [-0.1, -0.05) is 115 Å². The SMILES string of the molecule is c1ccc(-c2ccc3c(c2)c2cc4c(cc2n3-c2ccc3c5ccccc5c5ccccc5c3c2)Cc2ccccc2-4)cc1. The topological polar surface area (TPSA) is 4.93 Å². The van der Waals surface area contributed by atoms with Crippen LogP contribution < -0.4 is 0 Å². The Morgan fingerprint density at radius 2 is 0.977 bits per heavy atom. The second-order valence-corrected chi connectivity index (χ2v) is 12.1. The number of hydrogen-bond donors (Lipinski definition) is 0. The van der Waals surface area contributed by atoms with Crippen LogP contribution in [0.3, 0.4) is 0 Å². The molecule has 1 nitrogen and oxygen atoms in total. The van der Waals surface area contributed by atoms with Gasteiger partial charge in [-0.05, 0) is 109 Å². The molecule has 204 valence electrons. The van der Waals surface area contributed by atoms with E-state index in [-0.39, 0.29) is 0 Å². The molecular formula is C43H27N. The molecule has 0 N–H and O–H groups in total. The number of fused-ring (bicyclic) bond motifs is 12. The first-order valence-corrected chi connectivity index (χ1v) is 15.4. The monoisotopic (exact) mass is 557 g/mol. The second-order valence-electron chi connectivity index (χ2n) is 12.1. The molecule has 10 rings (SSSR count). The molecule has 1 heterocycles. The van der Waals surface area contributed by atoms with Crippen LogP contribution >= 0.6 is 0 Å². The normalized spacial score (nSPS) is 12.5. The second kappa shape index (κ2) is 8.92. The summed E-state index contributed by atoms with van der Waals surface area (Å²) < 4.78 is 2.49. The van der Waals surface area contributed by atoms with Crippen molar-refractivity contribution in [1.82, 2.24) is 4.57 Å². The largest absolute Gasteiger partial charge is 0.309 e. The molecule has 1 heteroatoms. The van der Waals surface area contributed by atoms with Gasteiger partial charge in [0.2, 0.25) is 0 Å². The molecule has 1 aliphatic carbocycles. The molecule has 0 bridgehead atoms. The number of nitrogens with zero attached hydrogens (tertiary/aromatic N) is 1. The average Bonchev–Trinajstić information content (AvgIpc) is 3.62. The van der Waals surface area contributed by atoms with Crippen LogP contribution in [0.2, 0.25) is 0 Å². The fourth-order valence-electron chi connectivity index (χ4n) is 7.77. The number of rotatable bonds is 2. The van der Waals surface area contributed by atoms with Gasteiger partial charge in [0.1, 0.15) is 0 Å². The van der Waals surface area contributed by atoms with Gasteiger partial charge in [0.05, 0.1) is 11.0 Å². The minimum atomic E-state index is 0.979. The summed E-state index contributed by atoms with van der Waals surface area (Å²) in [7, 11) is 0. The molecule has 0 saturated carbocycles. The van der Waals surface area contributed by atoms with Crippen LogP contribution in [0, 0.1) is 0 Å². The van der Waals surface area contributed by atoms with Gasteiger partial charge in [0.15, 0.2) is 0 Å². The standard InChI is InChI=1S/C43H27N/c1-2-10-27(11-3-1)28-18-21-42-40(23-28)41-26-38-30(22-29-12-4-5-13-32(29)38)24-43(41)44(42)31-19-20-37-35-16-7-6-14-33(35)34-15-8-9-17-36(34)39(37)25-31/h1-21,23-26H,22H2. The molecule has 0 amide bonds. The summed E-state index contributed by atoms with van der Waals surface area (Å²) in [6.07, 6.45) is 0.979. The fraction of sp³-hybridized carbons (Fsp3) is 0.0233. The summed E-state index contributed by atoms with van der Waals surface area (Å²) >= 11 is 0. The highest BCUT2D eigenvalue weighted by atomic mass is 15.0. The van der Waals surface area contributed by atoms with Crippen LogP contribution in [0.25, 0.3) is 82.1 Å². The maximum Gasteiger partial charge on any atom is 0.0544 e. The van der Waals surface area contributed by atoms with Crippen LogP contribution in [0.4, 0.5) is 0 Å². The molecule has 0 radical (unpaired) electrons. The van der Waals surface area contributed by atoms with E-state index in [9.17, 15) is 0 Å². The van der Waals surface area contributed by atoms with Gasteiger partial charge in [-0.3, -0.25) is 0 Å². The van der Waals surface area contributed by atoms with E-state index in [1.165, 1.54) is 93.2 Å². The third kappa shape index (κ3) is 3.30. The lowest BCUT2D eigenvalue weighted by Crippen LogP contribution is -1.95. The van der Waals surface area contributed by atoms with Crippen LogP contribution in [0.1, 0.15) is 11.1 Å². The highest BCUT2D eigenvalue weighted by Gasteiger charge is 2.22. The van der Waals surface area contributed by atoms with Gasteiger partial charge < -0.3 is 4.57 Å². The smallest absolute Gasteiger partial charge is 0.0544 e. The van der Waals surface area contributed by atoms with Crippen molar-refractivity contribution in [2.24, 2.45) is 0 Å². The van der Waals surface area contributed by atoms with E-state index < -0.39 is 0 Å². The van der Waals surface area contributed by atoms with E-state index in [1.54, 1.807) is 0 Å². The third-order valence-electron chi connectivity index (χ3n) is 9.77. The van der Waals surface area contributed by atoms with Crippen molar-refractivity contribution < 1.29 is 0 Å². The molecule has 1 aromatic heterocycles.